The Labute approximate surface area is 122 Å². The van der Waals surface area contributed by atoms with E-state index in [1.165, 1.54) is 39.2 Å². The molecule has 1 aromatic heterocycles. The van der Waals surface area contributed by atoms with E-state index in [4.69, 9.17) is 5.11 Å². The molecular formula is C11H11N3O4S2. The van der Waals surface area contributed by atoms with Crippen LogP contribution in [0.25, 0.3) is 0 Å². The number of thioether (sulfide) groups is 2. The van der Waals surface area contributed by atoms with Crippen LogP contribution in [0.5, 0.6) is 0 Å². The van der Waals surface area contributed by atoms with Crippen molar-refractivity contribution in [1.82, 2.24) is 14.5 Å². The number of aliphatic carboxylic acids is 1. The molecule has 1 amide bonds. The first kappa shape index (κ1) is 13.5. The molecule has 1 aromatic rings. The summed E-state index contributed by atoms with van der Waals surface area (Å²) in [4.78, 5) is 41.1. The van der Waals surface area contributed by atoms with E-state index in [-0.39, 0.29) is 17.0 Å². The number of hydrogen-bond acceptors (Lipinski definition) is 6. The molecular weight excluding hydrogens is 302 g/mol. The van der Waals surface area contributed by atoms with Crippen LogP contribution in [0, 0.1) is 0 Å². The van der Waals surface area contributed by atoms with Gasteiger partial charge in [0.1, 0.15) is 11.6 Å². The van der Waals surface area contributed by atoms with Gasteiger partial charge >= 0.3 is 5.97 Å². The van der Waals surface area contributed by atoms with Crippen molar-refractivity contribution in [3.8, 4) is 0 Å². The van der Waals surface area contributed by atoms with Crippen LogP contribution in [0.15, 0.2) is 16.1 Å². The van der Waals surface area contributed by atoms with Gasteiger partial charge in [-0.2, -0.15) is 0 Å². The molecule has 1 atom stereocenters. The van der Waals surface area contributed by atoms with E-state index in [1.807, 2.05) is 0 Å². The monoisotopic (exact) mass is 313 g/mol. The highest BCUT2D eigenvalue weighted by atomic mass is 32.2. The fourth-order valence-corrected chi connectivity index (χ4v) is 4.23. The van der Waals surface area contributed by atoms with Crippen molar-refractivity contribution in [2.24, 2.45) is 0 Å². The summed E-state index contributed by atoms with van der Waals surface area (Å²) in [7, 11) is 0. The molecule has 0 bridgehead atoms. The second-order valence-corrected chi connectivity index (χ2v) is 6.45. The van der Waals surface area contributed by atoms with E-state index >= 15 is 0 Å². The van der Waals surface area contributed by atoms with Crippen molar-refractivity contribution < 1.29 is 14.7 Å². The van der Waals surface area contributed by atoms with Gasteiger partial charge in [-0.1, -0.05) is 11.8 Å². The third-order valence-electron chi connectivity index (χ3n) is 3.22. The third-order valence-corrected chi connectivity index (χ3v) is 5.20. The maximum Gasteiger partial charge on any atom is 0.327 e. The lowest BCUT2D eigenvalue weighted by molar-refractivity contribution is -0.140. The molecule has 3 rings (SSSR count). The van der Waals surface area contributed by atoms with Gasteiger partial charge in [0.15, 0.2) is 5.16 Å². The molecule has 1 fully saturated rings. The van der Waals surface area contributed by atoms with Gasteiger partial charge in [0.05, 0.1) is 5.88 Å². The predicted octanol–water partition coefficient (Wildman–Crippen LogP) is -0.0513. The van der Waals surface area contributed by atoms with Gasteiger partial charge in [-0.15, -0.1) is 11.8 Å². The Hall–Kier alpha value is -1.48. The lowest BCUT2D eigenvalue weighted by Gasteiger charge is -2.20. The molecule has 0 unspecified atom stereocenters. The standard InChI is InChI=1S/C11H11N3O4S2/c15-8-6(3-12-11-13(8)1-2-20-11)9(16)14-5-19-4-7(14)10(17)18/h3,7H,1-2,4-5H2,(H,17,18)/t7-/m0/s1. The van der Waals surface area contributed by atoms with Gasteiger partial charge in [0, 0.05) is 24.2 Å². The molecule has 7 nitrogen and oxygen atoms in total. The fraction of sp³-hybridized carbons (Fsp3) is 0.455. The van der Waals surface area contributed by atoms with Crippen LogP contribution in [0.3, 0.4) is 0 Å². The molecule has 2 aliphatic heterocycles. The molecule has 0 radical (unpaired) electrons. The van der Waals surface area contributed by atoms with Gasteiger partial charge in [-0.05, 0) is 0 Å². The summed E-state index contributed by atoms with van der Waals surface area (Å²) in [5.74, 6) is -0.209. The van der Waals surface area contributed by atoms with Gasteiger partial charge in [0.25, 0.3) is 11.5 Å². The Bertz CT molecular complexity index is 645. The van der Waals surface area contributed by atoms with Crippen molar-refractivity contribution >= 4 is 35.4 Å². The molecule has 0 aromatic carbocycles. The summed E-state index contributed by atoms with van der Waals surface area (Å²) >= 11 is 2.83. The highest BCUT2D eigenvalue weighted by Gasteiger charge is 2.36. The first-order valence-electron chi connectivity index (χ1n) is 5.94. The van der Waals surface area contributed by atoms with E-state index < -0.39 is 17.9 Å². The molecule has 0 aliphatic carbocycles. The van der Waals surface area contributed by atoms with E-state index in [1.54, 1.807) is 0 Å². The molecule has 3 heterocycles. The fourth-order valence-electron chi connectivity index (χ4n) is 2.17. The number of carbonyl (C=O) groups excluding carboxylic acids is 1. The second-order valence-electron chi connectivity index (χ2n) is 4.39. The van der Waals surface area contributed by atoms with E-state index in [2.05, 4.69) is 4.98 Å². The van der Waals surface area contributed by atoms with Crippen LogP contribution in [0.2, 0.25) is 0 Å². The van der Waals surface area contributed by atoms with Crippen molar-refractivity contribution in [2.75, 3.05) is 17.4 Å². The Morgan fingerprint density at radius 2 is 2.25 bits per heavy atom. The summed E-state index contributed by atoms with van der Waals surface area (Å²) in [5.41, 5.74) is -0.434. The van der Waals surface area contributed by atoms with Crippen LogP contribution >= 0.6 is 23.5 Å². The van der Waals surface area contributed by atoms with E-state index in [0.29, 0.717) is 17.5 Å². The van der Waals surface area contributed by atoms with Gasteiger partial charge < -0.3 is 10.0 Å². The zero-order valence-corrected chi connectivity index (χ0v) is 11.9. The zero-order chi connectivity index (χ0) is 14.3. The van der Waals surface area contributed by atoms with Gasteiger partial charge in [0.2, 0.25) is 0 Å². The average molecular weight is 313 g/mol. The number of carboxylic acid groups (broad SMARTS) is 1. The number of carboxylic acids is 1. The quantitative estimate of drug-likeness (QED) is 0.765. The average Bonchev–Trinajstić information content (AvgIpc) is 3.07. The van der Waals surface area contributed by atoms with Crippen molar-refractivity contribution in [3.05, 3.63) is 22.1 Å². The van der Waals surface area contributed by atoms with Crippen LogP contribution in [-0.2, 0) is 11.3 Å². The van der Waals surface area contributed by atoms with Crippen LogP contribution < -0.4 is 5.56 Å². The first-order valence-corrected chi connectivity index (χ1v) is 8.08. The van der Waals surface area contributed by atoms with Crippen molar-refractivity contribution in [2.45, 2.75) is 17.7 Å². The maximum atomic E-state index is 12.4. The molecule has 1 saturated heterocycles. The minimum absolute atomic E-state index is 0.0509. The number of nitrogens with zero attached hydrogens (tertiary/aromatic N) is 3. The topological polar surface area (TPSA) is 92.5 Å². The Morgan fingerprint density at radius 3 is 3.00 bits per heavy atom. The first-order chi connectivity index (χ1) is 9.59. The highest BCUT2D eigenvalue weighted by molar-refractivity contribution is 7.99. The molecule has 106 valence electrons. The van der Waals surface area contributed by atoms with E-state index in [9.17, 15) is 14.4 Å². The molecule has 20 heavy (non-hydrogen) atoms. The lowest BCUT2D eigenvalue weighted by Crippen LogP contribution is -2.44. The number of fused-ring (bicyclic) bond motifs is 1. The van der Waals surface area contributed by atoms with Gasteiger partial charge in [-0.25, -0.2) is 9.78 Å². The predicted molar refractivity (Wildman–Crippen MR) is 74.1 cm³/mol. The molecule has 0 spiro atoms. The highest BCUT2D eigenvalue weighted by Crippen LogP contribution is 2.24. The Balaban J connectivity index is 1.96. The van der Waals surface area contributed by atoms with E-state index in [0.717, 1.165) is 5.75 Å². The van der Waals surface area contributed by atoms with Crippen LogP contribution in [0.4, 0.5) is 0 Å². The van der Waals surface area contributed by atoms with Crippen LogP contribution in [0.1, 0.15) is 10.4 Å². The third kappa shape index (κ3) is 2.10. The largest absolute Gasteiger partial charge is 0.480 e. The normalized spacial score (nSPS) is 21.0. The van der Waals surface area contributed by atoms with Crippen LogP contribution in [-0.4, -0.2) is 54.9 Å². The second kappa shape index (κ2) is 5.13. The maximum absolute atomic E-state index is 12.4. The SMILES string of the molecule is O=C(O)[C@@H]1CSCN1C(=O)c1cnc2n(c1=O)CCS2. The summed E-state index contributed by atoms with van der Waals surface area (Å²) < 4.78 is 1.47. The molecule has 0 saturated carbocycles. The molecule has 2 aliphatic rings. The Morgan fingerprint density at radius 1 is 1.45 bits per heavy atom. The Kier molecular flexibility index (Phi) is 3.47. The lowest BCUT2D eigenvalue weighted by atomic mass is 10.2. The minimum Gasteiger partial charge on any atom is -0.480 e. The number of carbonyl (C=O) groups is 2. The summed E-state index contributed by atoms with van der Waals surface area (Å²) in [6.45, 7) is 0.532. The van der Waals surface area contributed by atoms with Crippen molar-refractivity contribution in [1.29, 1.82) is 0 Å². The molecule has 1 N–H and O–H groups in total. The summed E-state index contributed by atoms with van der Waals surface area (Å²) in [6.07, 6.45) is 1.26. The number of amides is 1. The summed E-state index contributed by atoms with van der Waals surface area (Å²) in [5, 5.41) is 9.70. The minimum atomic E-state index is -1.05. The zero-order valence-electron chi connectivity index (χ0n) is 10.3. The summed E-state index contributed by atoms with van der Waals surface area (Å²) in [6, 6.07) is -0.875. The smallest absolute Gasteiger partial charge is 0.327 e. The number of hydrogen-bond donors (Lipinski definition) is 1. The van der Waals surface area contributed by atoms with Crippen molar-refractivity contribution in [3.63, 3.8) is 0 Å². The number of rotatable bonds is 2. The van der Waals surface area contributed by atoms with Gasteiger partial charge in [-0.3, -0.25) is 14.2 Å². The number of aromatic nitrogens is 2. The molecule has 9 heteroatoms.